The van der Waals surface area contributed by atoms with Crippen molar-refractivity contribution in [2.24, 2.45) is 5.73 Å². The number of carbonyl (C=O) groups is 1. The highest BCUT2D eigenvalue weighted by molar-refractivity contribution is 8.13. The Labute approximate surface area is 104 Å². The fraction of sp³-hybridized carbons (Fsp3) is 0.300. The van der Waals surface area contributed by atoms with Crippen LogP contribution in [0.15, 0.2) is 17.0 Å². The van der Waals surface area contributed by atoms with Crippen LogP contribution in [0.2, 0.25) is 0 Å². The fourth-order valence-electron chi connectivity index (χ4n) is 1.53. The first-order valence-corrected chi connectivity index (χ1v) is 6.99. The van der Waals surface area contributed by atoms with Gasteiger partial charge in [-0.3, -0.25) is 4.79 Å². The maximum atomic E-state index is 11.3. The summed E-state index contributed by atoms with van der Waals surface area (Å²) in [6, 6.07) is 2.98. The third kappa shape index (κ3) is 3.61. The molecule has 0 saturated heterocycles. The Balaban J connectivity index is 3.15. The van der Waals surface area contributed by atoms with Crippen LogP contribution in [0.4, 0.5) is 0 Å². The van der Waals surface area contributed by atoms with Gasteiger partial charge in [0.05, 0.1) is 4.90 Å². The highest BCUT2D eigenvalue weighted by Gasteiger charge is 2.17. The largest absolute Gasteiger partial charge is 0.484 e. The number of halogens is 1. The monoisotopic (exact) mass is 277 g/mol. The van der Waals surface area contributed by atoms with Crippen LogP contribution in [0.25, 0.3) is 0 Å². The molecule has 1 amide bonds. The van der Waals surface area contributed by atoms with Crippen LogP contribution in [0.3, 0.4) is 0 Å². The molecule has 0 aromatic heterocycles. The second-order valence-electron chi connectivity index (χ2n) is 3.58. The molecule has 0 aliphatic heterocycles. The Kier molecular flexibility index (Phi) is 4.00. The molecule has 0 fully saturated rings. The van der Waals surface area contributed by atoms with Crippen molar-refractivity contribution < 1.29 is 17.9 Å². The number of ether oxygens (including phenoxy) is 1. The molecule has 1 aromatic carbocycles. The summed E-state index contributed by atoms with van der Waals surface area (Å²) in [4.78, 5) is 10.6. The molecule has 0 aliphatic carbocycles. The summed E-state index contributed by atoms with van der Waals surface area (Å²) >= 11 is 0. The molecule has 0 unspecified atom stereocenters. The van der Waals surface area contributed by atoms with Crippen molar-refractivity contribution in [1.82, 2.24) is 0 Å². The molecule has 0 radical (unpaired) electrons. The van der Waals surface area contributed by atoms with Crippen LogP contribution < -0.4 is 10.5 Å². The first-order valence-electron chi connectivity index (χ1n) is 4.69. The second-order valence-corrected chi connectivity index (χ2v) is 6.08. The lowest BCUT2D eigenvalue weighted by atomic mass is 10.1. The van der Waals surface area contributed by atoms with E-state index in [0.717, 1.165) is 0 Å². The molecule has 0 saturated carbocycles. The van der Waals surface area contributed by atoms with E-state index in [1.54, 1.807) is 13.8 Å². The van der Waals surface area contributed by atoms with Gasteiger partial charge in [0.15, 0.2) is 6.61 Å². The van der Waals surface area contributed by atoms with Gasteiger partial charge in [-0.15, -0.1) is 0 Å². The summed E-state index contributed by atoms with van der Waals surface area (Å²) in [6.07, 6.45) is 0. The number of aryl methyl sites for hydroxylation is 2. The van der Waals surface area contributed by atoms with Crippen molar-refractivity contribution in [3.05, 3.63) is 23.3 Å². The number of amides is 1. The lowest BCUT2D eigenvalue weighted by Gasteiger charge is -2.10. The summed E-state index contributed by atoms with van der Waals surface area (Å²) in [5, 5.41) is 0. The number of benzene rings is 1. The SMILES string of the molecule is Cc1cc(OCC(N)=O)cc(C)c1S(=O)(=O)Cl. The Bertz CT molecular complexity index is 530. The van der Waals surface area contributed by atoms with E-state index in [1.165, 1.54) is 12.1 Å². The van der Waals surface area contributed by atoms with E-state index in [0.29, 0.717) is 16.9 Å². The quantitative estimate of drug-likeness (QED) is 0.835. The van der Waals surface area contributed by atoms with Gasteiger partial charge in [0.1, 0.15) is 5.75 Å². The van der Waals surface area contributed by atoms with Crippen LogP contribution in [0.1, 0.15) is 11.1 Å². The summed E-state index contributed by atoms with van der Waals surface area (Å²) in [5.74, 6) is -0.225. The van der Waals surface area contributed by atoms with Crippen LogP contribution in [-0.4, -0.2) is 20.9 Å². The molecular weight excluding hydrogens is 266 g/mol. The number of primary amides is 1. The molecule has 1 rings (SSSR count). The number of nitrogens with two attached hydrogens (primary N) is 1. The molecule has 17 heavy (non-hydrogen) atoms. The van der Waals surface area contributed by atoms with Crippen molar-refractivity contribution in [3.63, 3.8) is 0 Å². The summed E-state index contributed by atoms with van der Waals surface area (Å²) < 4.78 is 27.7. The van der Waals surface area contributed by atoms with E-state index < -0.39 is 15.0 Å². The maximum Gasteiger partial charge on any atom is 0.261 e. The molecule has 94 valence electrons. The van der Waals surface area contributed by atoms with Gasteiger partial charge < -0.3 is 10.5 Å². The molecule has 0 spiro atoms. The van der Waals surface area contributed by atoms with Crippen molar-refractivity contribution in [2.75, 3.05) is 6.61 Å². The summed E-state index contributed by atoms with van der Waals surface area (Å²) in [7, 11) is 1.52. The summed E-state index contributed by atoms with van der Waals surface area (Å²) in [6.45, 7) is 2.94. The van der Waals surface area contributed by atoms with Crippen molar-refractivity contribution >= 4 is 25.6 Å². The van der Waals surface area contributed by atoms with E-state index in [-0.39, 0.29) is 11.5 Å². The van der Waals surface area contributed by atoms with E-state index >= 15 is 0 Å². The van der Waals surface area contributed by atoms with E-state index in [2.05, 4.69) is 0 Å². The summed E-state index contributed by atoms with van der Waals surface area (Å²) in [5.41, 5.74) is 5.85. The van der Waals surface area contributed by atoms with Gasteiger partial charge in [0.25, 0.3) is 15.0 Å². The first-order chi connectivity index (χ1) is 7.71. The van der Waals surface area contributed by atoms with E-state index in [1.807, 2.05) is 0 Å². The minimum absolute atomic E-state index is 0.0607. The average molecular weight is 278 g/mol. The van der Waals surface area contributed by atoms with Crippen LogP contribution in [0.5, 0.6) is 5.75 Å². The molecular formula is C10H12ClNO4S. The predicted molar refractivity (Wildman–Crippen MR) is 63.6 cm³/mol. The lowest BCUT2D eigenvalue weighted by Crippen LogP contribution is -2.20. The zero-order valence-electron chi connectivity index (χ0n) is 9.36. The Morgan fingerprint density at radius 3 is 2.18 bits per heavy atom. The number of hydrogen-bond acceptors (Lipinski definition) is 4. The number of hydrogen-bond donors (Lipinski definition) is 1. The van der Waals surface area contributed by atoms with Gasteiger partial charge in [0.2, 0.25) is 0 Å². The molecule has 0 bridgehead atoms. The topological polar surface area (TPSA) is 86.5 Å². The van der Waals surface area contributed by atoms with Crippen LogP contribution in [-0.2, 0) is 13.8 Å². The van der Waals surface area contributed by atoms with Gasteiger partial charge in [-0.2, -0.15) is 0 Å². The van der Waals surface area contributed by atoms with Gasteiger partial charge in [-0.05, 0) is 37.1 Å². The Hall–Kier alpha value is -1.27. The molecule has 7 heteroatoms. The Morgan fingerprint density at radius 1 is 1.35 bits per heavy atom. The zero-order valence-corrected chi connectivity index (χ0v) is 10.9. The molecule has 2 N–H and O–H groups in total. The van der Waals surface area contributed by atoms with Gasteiger partial charge >= 0.3 is 0 Å². The molecule has 0 heterocycles. The predicted octanol–water partition coefficient (Wildman–Crippen LogP) is 1.10. The minimum Gasteiger partial charge on any atom is -0.484 e. The molecule has 5 nitrogen and oxygen atoms in total. The Morgan fingerprint density at radius 2 is 1.82 bits per heavy atom. The van der Waals surface area contributed by atoms with Gasteiger partial charge in [-0.25, -0.2) is 8.42 Å². The van der Waals surface area contributed by atoms with E-state index in [9.17, 15) is 13.2 Å². The molecule has 0 aliphatic rings. The normalized spacial score (nSPS) is 11.2. The maximum absolute atomic E-state index is 11.3. The molecule has 0 atom stereocenters. The zero-order chi connectivity index (χ0) is 13.2. The average Bonchev–Trinajstić information content (AvgIpc) is 2.11. The highest BCUT2D eigenvalue weighted by atomic mass is 35.7. The van der Waals surface area contributed by atoms with Crippen molar-refractivity contribution in [2.45, 2.75) is 18.7 Å². The van der Waals surface area contributed by atoms with Gasteiger partial charge in [-0.1, -0.05) is 0 Å². The highest BCUT2D eigenvalue weighted by Crippen LogP contribution is 2.28. The minimum atomic E-state index is -3.79. The molecule has 1 aromatic rings. The number of rotatable bonds is 4. The third-order valence-electron chi connectivity index (χ3n) is 2.06. The van der Waals surface area contributed by atoms with Crippen LogP contribution >= 0.6 is 10.7 Å². The van der Waals surface area contributed by atoms with Crippen LogP contribution in [0, 0.1) is 13.8 Å². The standard InChI is InChI=1S/C10H12ClNO4S/c1-6-3-8(16-5-9(12)13)4-7(2)10(6)17(11,14)15/h3-4H,5H2,1-2H3,(H2,12,13). The van der Waals surface area contributed by atoms with Gasteiger partial charge in [0, 0.05) is 10.7 Å². The van der Waals surface area contributed by atoms with Crippen molar-refractivity contribution in [1.29, 1.82) is 0 Å². The second kappa shape index (κ2) is 4.93. The smallest absolute Gasteiger partial charge is 0.261 e. The fourth-order valence-corrected chi connectivity index (χ4v) is 3.15. The first kappa shape index (κ1) is 13.8. The van der Waals surface area contributed by atoms with Crippen molar-refractivity contribution in [3.8, 4) is 5.75 Å². The lowest BCUT2D eigenvalue weighted by molar-refractivity contribution is -0.119. The number of carbonyl (C=O) groups excluding carboxylic acids is 1. The van der Waals surface area contributed by atoms with E-state index in [4.69, 9.17) is 21.2 Å². The third-order valence-corrected chi connectivity index (χ3v) is 3.65.